The lowest BCUT2D eigenvalue weighted by molar-refractivity contribution is -0.366. The topological polar surface area (TPSA) is 138 Å². The zero-order chi connectivity index (χ0) is 20.1. The van der Waals surface area contributed by atoms with E-state index >= 15 is 0 Å². The number of rotatable bonds is 11. The zero-order valence-corrected chi connectivity index (χ0v) is 15.4. The van der Waals surface area contributed by atoms with Gasteiger partial charge in [0.15, 0.2) is 0 Å². The van der Waals surface area contributed by atoms with Gasteiger partial charge in [0.1, 0.15) is 19.2 Å². The van der Waals surface area contributed by atoms with E-state index < -0.39 is 23.9 Å². The predicted octanol–water partition coefficient (Wildman–Crippen LogP) is -1.08. The minimum Gasteiger partial charge on any atom is -0.467 e. The fourth-order valence-corrected chi connectivity index (χ4v) is 2.14. The Bertz CT molecular complexity index is 635. The second kappa shape index (κ2) is 12.4. The first-order valence-corrected chi connectivity index (χ1v) is 8.59. The number of quaternary nitrogens is 1. The highest BCUT2D eigenvalue weighted by Gasteiger charge is 2.22. The van der Waals surface area contributed by atoms with Gasteiger partial charge in [0.05, 0.1) is 20.1 Å². The van der Waals surface area contributed by atoms with Crippen LogP contribution in [0.2, 0.25) is 0 Å². The largest absolute Gasteiger partial charge is 0.467 e. The molecule has 1 aromatic rings. The molecule has 9 heteroatoms. The van der Waals surface area contributed by atoms with Crippen LogP contribution in [-0.2, 0) is 35.3 Å². The third-order valence-corrected chi connectivity index (χ3v) is 3.56. The Morgan fingerprint density at radius 1 is 1.07 bits per heavy atom. The van der Waals surface area contributed by atoms with E-state index in [2.05, 4.69) is 21.1 Å². The number of carbonyl (C=O) groups is 4. The highest BCUT2D eigenvalue weighted by atomic mass is 16.5. The molecule has 0 saturated heterocycles. The minimum absolute atomic E-state index is 0.0560. The molecule has 1 atom stereocenters. The Kier molecular flexibility index (Phi) is 10.2. The molecule has 0 bridgehead atoms. The van der Waals surface area contributed by atoms with Crippen LogP contribution in [-0.4, -0.2) is 50.0 Å². The lowest BCUT2D eigenvalue weighted by Gasteiger charge is -2.15. The van der Waals surface area contributed by atoms with Crippen molar-refractivity contribution < 1.29 is 34.4 Å². The molecule has 148 valence electrons. The summed E-state index contributed by atoms with van der Waals surface area (Å²) < 4.78 is 9.67. The van der Waals surface area contributed by atoms with Gasteiger partial charge in [-0.25, -0.2) is 4.79 Å². The lowest BCUT2D eigenvalue weighted by atomic mass is 10.1. The van der Waals surface area contributed by atoms with Crippen LogP contribution in [0, 0.1) is 0 Å². The van der Waals surface area contributed by atoms with Crippen LogP contribution < -0.4 is 16.4 Å². The molecular formula is C18H26N3O6+. The van der Waals surface area contributed by atoms with Crippen LogP contribution in [0.1, 0.15) is 24.8 Å². The fraction of sp³-hybridized carbons (Fsp3) is 0.444. The van der Waals surface area contributed by atoms with Crippen molar-refractivity contribution >= 4 is 23.8 Å². The number of carbonyl (C=O) groups excluding carboxylic acids is 4. The maximum Gasteiger partial charge on any atom is 0.328 e. The number of benzene rings is 1. The molecule has 5 N–H and O–H groups in total. The molecule has 0 spiro atoms. The highest BCUT2D eigenvalue weighted by molar-refractivity contribution is 5.86. The maximum absolute atomic E-state index is 11.9. The Hall–Kier alpha value is -2.94. The molecule has 1 unspecified atom stereocenters. The molecular weight excluding hydrogens is 354 g/mol. The van der Waals surface area contributed by atoms with Crippen molar-refractivity contribution in [3.8, 4) is 0 Å². The number of hydrogen-bond acceptors (Lipinski definition) is 6. The van der Waals surface area contributed by atoms with Crippen molar-refractivity contribution in [2.24, 2.45) is 0 Å². The lowest BCUT2D eigenvalue weighted by Crippen LogP contribution is -2.53. The predicted molar refractivity (Wildman–Crippen MR) is 94.8 cm³/mol. The number of esters is 2. The molecule has 27 heavy (non-hydrogen) atoms. The second-order valence-corrected chi connectivity index (χ2v) is 5.71. The van der Waals surface area contributed by atoms with Crippen LogP contribution >= 0.6 is 0 Å². The van der Waals surface area contributed by atoms with Gasteiger partial charge in [0.2, 0.25) is 11.8 Å². The van der Waals surface area contributed by atoms with Gasteiger partial charge in [-0.1, -0.05) is 30.3 Å². The van der Waals surface area contributed by atoms with E-state index in [1.807, 2.05) is 30.3 Å². The Morgan fingerprint density at radius 2 is 1.78 bits per heavy atom. The molecule has 0 fully saturated rings. The second-order valence-electron chi connectivity index (χ2n) is 5.71. The first-order chi connectivity index (χ1) is 13.0. The Balaban J connectivity index is 2.33. The van der Waals surface area contributed by atoms with Gasteiger partial charge in [0.25, 0.3) is 0 Å². The fourth-order valence-electron chi connectivity index (χ4n) is 2.14. The summed E-state index contributed by atoms with van der Waals surface area (Å²) in [6.07, 6.45) is 0.170. The molecule has 0 aliphatic heterocycles. The monoisotopic (exact) mass is 380 g/mol. The maximum atomic E-state index is 11.9. The molecule has 0 aliphatic rings. The van der Waals surface area contributed by atoms with Crippen LogP contribution in [0.15, 0.2) is 30.3 Å². The molecule has 2 amide bonds. The van der Waals surface area contributed by atoms with Crippen molar-refractivity contribution in [3.63, 3.8) is 0 Å². The summed E-state index contributed by atoms with van der Waals surface area (Å²) in [4.78, 5) is 46.8. The van der Waals surface area contributed by atoms with Crippen molar-refractivity contribution in [3.05, 3.63) is 35.9 Å². The van der Waals surface area contributed by atoms with Gasteiger partial charge in [-0.3, -0.25) is 14.4 Å². The average Bonchev–Trinajstić information content (AvgIpc) is 2.68. The number of methoxy groups -OCH3 is 1. The average molecular weight is 380 g/mol. The van der Waals surface area contributed by atoms with Crippen molar-refractivity contribution in [2.45, 2.75) is 31.9 Å². The van der Waals surface area contributed by atoms with Crippen molar-refractivity contribution in [2.75, 3.05) is 20.2 Å². The number of hydrogen-bond donors (Lipinski definition) is 3. The molecule has 0 radical (unpaired) electrons. The van der Waals surface area contributed by atoms with Crippen LogP contribution in [0.3, 0.4) is 0 Å². The van der Waals surface area contributed by atoms with E-state index in [4.69, 9.17) is 4.74 Å². The minimum atomic E-state index is -0.926. The van der Waals surface area contributed by atoms with E-state index in [1.54, 1.807) is 0 Å². The highest BCUT2D eigenvalue weighted by Crippen LogP contribution is 2.02. The summed E-state index contributed by atoms with van der Waals surface area (Å²) >= 11 is 0. The molecule has 1 rings (SSSR count). The first kappa shape index (κ1) is 22.1. The molecule has 9 nitrogen and oxygen atoms in total. The van der Waals surface area contributed by atoms with Gasteiger partial charge in [0, 0.05) is 6.42 Å². The molecule has 1 aromatic carbocycles. The van der Waals surface area contributed by atoms with E-state index in [1.165, 1.54) is 7.11 Å². The van der Waals surface area contributed by atoms with Crippen molar-refractivity contribution in [1.29, 1.82) is 0 Å². The third-order valence-electron chi connectivity index (χ3n) is 3.56. The van der Waals surface area contributed by atoms with Gasteiger partial charge in [-0.2, -0.15) is 0 Å². The zero-order valence-electron chi connectivity index (χ0n) is 15.4. The summed E-state index contributed by atoms with van der Waals surface area (Å²) in [5, 5.41) is 4.92. The van der Waals surface area contributed by atoms with Gasteiger partial charge in [-0.15, -0.1) is 0 Å². The van der Waals surface area contributed by atoms with Gasteiger partial charge < -0.3 is 25.8 Å². The normalized spacial score (nSPS) is 11.2. The van der Waals surface area contributed by atoms with E-state index in [0.29, 0.717) is 6.54 Å². The summed E-state index contributed by atoms with van der Waals surface area (Å²) in [6.45, 7) is 0.242. The summed E-state index contributed by atoms with van der Waals surface area (Å²) in [7, 11) is 1.20. The summed E-state index contributed by atoms with van der Waals surface area (Å²) in [6, 6.07) is 8.24. The van der Waals surface area contributed by atoms with E-state index in [-0.39, 0.29) is 38.3 Å². The third kappa shape index (κ3) is 9.36. The quantitative estimate of drug-likeness (QED) is 0.417. The van der Waals surface area contributed by atoms with Crippen LogP contribution in [0.25, 0.3) is 0 Å². The first-order valence-electron chi connectivity index (χ1n) is 8.59. The number of nitrogens with one attached hydrogen (secondary N) is 2. The molecule has 0 heterocycles. The Morgan fingerprint density at radius 3 is 2.41 bits per heavy atom. The number of amides is 2. The number of ether oxygens (including phenoxy) is 2. The van der Waals surface area contributed by atoms with E-state index in [0.717, 1.165) is 5.56 Å². The van der Waals surface area contributed by atoms with Crippen molar-refractivity contribution in [1.82, 2.24) is 10.6 Å². The SMILES string of the molecule is COC(=O)C(CCC(=O)NCC(=O)OCc1ccccc1)NC(=O)CC[NH3+]. The van der Waals surface area contributed by atoms with E-state index in [9.17, 15) is 19.2 Å². The summed E-state index contributed by atoms with van der Waals surface area (Å²) in [5.74, 6) is -1.99. The van der Waals surface area contributed by atoms with Crippen LogP contribution in [0.4, 0.5) is 0 Å². The molecule has 0 saturated carbocycles. The molecule has 0 aliphatic carbocycles. The Labute approximate surface area is 157 Å². The van der Waals surface area contributed by atoms with Gasteiger partial charge in [-0.05, 0) is 12.0 Å². The van der Waals surface area contributed by atoms with Crippen LogP contribution in [0.5, 0.6) is 0 Å². The standard InChI is InChI=1S/C18H25N3O6/c1-26-18(25)14(21-16(23)9-10-19)7-8-15(22)20-11-17(24)27-12-13-5-3-2-4-6-13/h2-6,14H,7-12,19H2,1H3,(H,20,22)(H,21,23)/p+1. The van der Waals surface area contributed by atoms with Gasteiger partial charge >= 0.3 is 11.9 Å². The summed E-state index contributed by atoms with van der Waals surface area (Å²) in [5.41, 5.74) is 4.41. The smallest absolute Gasteiger partial charge is 0.328 e. The molecule has 0 aromatic heterocycles.